The minimum Gasteiger partial charge on any atom is -0.507 e. The van der Waals surface area contributed by atoms with Crippen LogP contribution in [0.5, 0.6) is 5.75 Å². The van der Waals surface area contributed by atoms with Crippen LogP contribution in [0.1, 0.15) is 69.7 Å². The monoisotopic (exact) mass is 354 g/mol. The van der Waals surface area contributed by atoms with Crippen LogP contribution < -0.4 is 0 Å². The van der Waals surface area contributed by atoms with Crippen molar-refractivity contribution in [2.24, 2.45) is 0 Å². The van der Waals surface area contributed by atoms with Gasteiger partial charge >= 0.3 is 5.97 Å². The molecule has 2 aromatic rings. The Morgan fingerprint density at radius 3 is 1.73 bits per heavy atom. The van der Waals surface area contributed by atoms with Gasteiger partial charge in [0, 0.05) is 0 Å². The number of aromatic hydroxyl groups is 1. The highest BCUT2D eigenvalue weighted by Crippen LogP contribution is 2.42. The Labute approximate surface area is 157 Å². The fourth-order valence-corrected chi connectivity index (χ4v) is 3.19. The molecule has 1 N–H and O–H groups in total. The summed E-state index contributed by atoms with van der Waals surface area (Å²) in [7, 11) is 1.41. The zero-order chi connectivity index (χ0) is 19.7. The van der Waals surface area contributed by atoms with Crippen molar-refractivity contribution in [3.63, 3.8) is 0 Å². The molecule has 2 rings (SSSR count). The smallest absolute Gasteiger partial charge is 0.317 e. The van der Waals surface area contributed by atoms with E-state index in [9.17, 15) is 9.90 Å². The molecular weight excluding hydrogens is 324 g/mol. The molecule has 0 fully saturated rings. The molecule has 0 aliphatic carbocycles. The predicted octanol–water partition coefficient (Wildman–Crippen LogP) is 5.29. The second-order valence-corrected chi connectivity index (χ2v) is 8.83. The molecule has 140 valence electrons. The number of esters is 1. The van der Waals surface area contributed by atoms with E-state index in [-0.39, 0.29) is 16.8 Å². The first-order valence-corrected chi connectivity index (χ1v) is 8.97. The quantitative estimate of drug-likeness (QED) is 0.762. The van der Waals surface area contributed by atoms with Crippen LogP contribution in [0.3, 0.4) is 0 Å². The van der Waals surface area contributed by atoms with E-state index >= 15 is 0 Å². The Bertz CT molecular complexity index is 742. The zero-order valence-corrected chi connectivity index (χ0v) is 16.9. The molecule has 26 heavy (non-hydrogen) atoms. The van der Waals surface area contributed by atoms with Gasteiger partial charge in [0.05, 0.1) is 7.11 Å². The number of phenolic OH excluding ortho intramolecular Hbond substituents is 1. The second-order valence-electron chi connectivity index (χ2n) is 8.83. The molecule has 0 bridgehead atoms. The van der Waals surface area contributed by atoms with E-state index in [1.54, 1.807) is 0 Å². The SMILES string of the molecule is COC(=O)[C@@H](c1ccccc1)c1cc(C(C)(C)C)c(O)c(C(C)(C)C)c1. The van der Waals surface area contributed by atoms with Crippen LogP contribution in [-0.4, -0.2) is 18.2 Å². The maximum Gasteiger partial charge on any atom is 0.317 e. The van der Waals surface area contributed by atoms with Gasteiger partial charge in [-0.2, -0.15) is 0 Å². The summed E-state index contributed by atoms with van der Waals surface area (Å²) in [5.74, 6) is -0.518. The standard InChI is InChI=1S/C23H30O3/c1-22(2,3)17-13-16(14-18(20(17)24)23(4,5)6)19(21(25)26-7)15-11-9-8-10-12-15/h8-14,19,24H,1-7H3/t19-/m0/s1. The lowest BCUT2D eigenvalue weighted by atomic mass is 9.76. The van der Waals surface area contributed by atoms with Gasteiger partial charge in [-0.05, 0) is 33.1 Å². The first-order valence-electron chi connectivity index (χ1n) is 8.97. The van der Waals surface area contributed by atoms with E-state index in [1.165, 1.54) is 7.11 Å². The van der Waals surface area contributed by atoms with Gasteiger partial charge in [0.15, 0.2) is 0 Å². The molecule has 0 saturated carbocycles. The molecule has 0 unspecified atom stereocenters. The number of phenols is 1. The molecule has 0 aliphatic rings. The fourth-order valence-electron chi connectivity index (χ4n) is 3.19. The Morgan fingerprint density at radius 1 is 0.885 bits per heavy atom. The van der Waals surface area contributed by atoms with Crippen molar-refractivity contribution in [3.8, 4) is 5.75 Å². The molecule has 0 spiro atoms. The third kappa shape index (κ3) is 4.09. The van der Waals surface area contributed by atoms with Crippen LogP contribution in [0.15, 0.2) is 42.5 Å². The van der Waals surface area contributed by atoms with Gasteiger partial charge < -0.3 is 9.84 Å². The van der Waals surface area contributed by atoms with Gasteiger partial charge in [-0.15, -0.1) is 0 Å². The maximum absolute atomic E-state index is 12.6. The molecule has 0 saturated heterocycles. The average molecular weight is 354 g/mol. The molecule has 0 aromatic heterocycles. The number of methoxy groups -OCH3 is 1. The van der Waals surface area contributed by atoms with E-state index < -0.39 is 5.92 Å². The maximum atomic E-state index is 12.6. The molecule has 0 aliphatic heterocycles. The summed E-state index contributed by atoms with van der Waals surface area (Å²) in [4.78, 5) is 12.6. The van der Waals surface area contributed by atoms with Gasteiger partial charge in [0.2, 0.25) is 0 Å². The molecule has 2 aromatic carbocycles. The summed E-state index contributed by atoms with van der Waals surface area (Å²) < 4.78 is 5.10. The Hall–Kier alpha value is -2.29. The number of ether oxygens (including phenoxy) is 1. The van der Waals surface area contributed by atoms with Crippen LogP contribution in [0.25, 0.3) is 0 Å². The molecule has 0 radical (unpaired) electrons. The summed E-state index contributed by atoms with van der Waals surface area (Å²) in [5.41, 5.74) is 2.89. The van der Waals surface area contributed by atoms with Crippen molar-refractivity contribution in [3.05, 3.63) is 64.7 Å². The Morgan fingerprint density at radius 2 is 1.35 bits per heavy atom. The van der Waals surface area contributed by atoms with E-state index in [0.717, 1.165) is 22.3 Å². The van der Waals surface area contributed by atoms with E-state index in [0.29, 0.717) is 5.75 Å². The van der Waals surface area contributed by atoms with Crippen LogP contribution >= 0.6 is 0 Å². The van der Waals surface area contributed by atoms with Crippen molar-refractivity contribution in [1.82, 2.24) is 0 Å². The van der Waals surface area contributed by atoms with E-state index in [4.69, 9.17) is 4.74 Å². The summed E-state index contributed by atoms with van der Waals surface area (Å²) in [6, 6.07) is 13.5. The highest BCUT2D eigenvalue weighted by molar-refractivity contribution is 5.82. The average Bonchev–Trinajstić information content (AvgIpc) is 2.55. The lowest BCUT2D eigenvalue weighted by molar-refractivity contribution is -0.141. The molecule has 0 heterocycles. The van der Waals surface area contributed by atoms with E-state index in [2.05, 4.69) is 41.5 Å². The normalized spacial score (nSPS) is 13.3. The Balaban J connectivity index is 2.79. The number of benzene rings is 2. The molecule has 3 heteroatoms. The van der Waals surface area contributed by atoms with Crippen LogP contribution in [-0.2, 0) is 20.4 Å². The van der Waals surface area contributed by atoms with Gasteiger partial charge in [-0.1, -0.05) is 84.0 Å². The second kappa shape index (κ2) is 7.14. The molecule has 3 nitrogen and oxygen atoms in total. The minimum atomic E-state index is -0.524. The summed E-state index contributed by atoms with van der Waals surface area (Å²) in [5, 5.41) is 10.9. The topological polar surface area (TPSA) is 46.5 Å². The summed E-state index contributed by atoms with van der Waals surface area (Å²) >= 11 is 0. The lowest BCUT2D eigenvalue weighted by Gasteiger charge is -2.29. The van der Waals surface area contributed by atoms with Crippen LogP contribution in [0.2, 0.25) is 0 Å². The fraction of sp³-hybridized carbons (Fsp3) is 0.435. The van der Waals surface area contributed by atoms with Crippen molar-refractivity contribution in [2.75, 3.05) is 7.11 Å². The number of carbonyl (C=O) groups is 1. The predicted molar refractivity (Wildman–Crippen MR) is 106 cm³/mol. The number of hydrogen-bond acceptors (Lipinski definition) is 3. The van der Waals surface area contributed by atoms with Gasteiger partial charge in [-0.25, -0.2) is 0 Å². The number of hydrogen-bond donors (Lipinski definition) is 1. The summed E-state index contributed by atoms with van der Waals surface area (Å²) in [6.45, 7) is 12.4. The first kappa shape index (κ1) is 20.0. The first-order chi connectivity index (χ1) is 12.0. The lowest BCUT2D eigenvalue weighted by Crippen LogP contribution is -2.21. The summed E-state index contributed by atoms with van der Waals surface area (Å²) in [6.07, 6.45) is 0. The van der Waals surface area contributed by atoms with Gasteiger partial charge in [-0.3, -0.25) is 4.79 Å². The number of carbonyl (C=O) groups excluding carboxylic acids is 1. The van der Waals surface area contributed by atoms with Gasteiger partial charge in [0.25, 0.3) is 0 Å². The van der Waals surface area contributed by atoms with Crippen molar-refractivity contribution in [2.45, 2.75) is 58.3 Å². The number of rotatable bonds is 3. The van der Waals surface area contributed by atoms with Crippen molar-refractivity contribution in [1.29, 1.82) is 0 Å². The zero-order valence-electron chi connectivity index (χ0n) is 16.9. The van der Waals surface area contributed by atoms with Gasteiger partial charge in [0.1, 0.15) is 11.7 Å². The third-order valence-corrected chi connectivity index (χ3v) is 4.65. The van der Waals surface area contributed by atoms with Crippen molar-refractivity contribution < 1.29 is 14.6 Å². The molecule has 0 amide bonds. The van der Waals surface area contributed by atoms with Crippen LogP contribution in [0.4, 0.5) is 0 Å². The van der Waals surface area contributed by atoms with Crippen LogP contribution in [0, 0.1) is 0 Å². The Kier molecular flexibility index (Phi) is 5.50. The molecular formula is C23H30O3. The third-order valence-electron chi connectivity index (χ3n) is 4.65. The van der Waals surface area contributed by atoms with E-state index in [1.807, 2.05) is 42.5 Å². The minimum absolute atomic E-state index is 0.253. The van der Waals surface area contributed by atoms with Crippen molar-refractivity contribution >= 4 is 5.97 Å². The highest BCUT2D eigenvalue weighted by atomic mass is 16.5. The molecule has 1 atom stereocenters. The highest BCUT2D eigenvalue weighted by Gasteiger charge is 2.31. The largest absolute Gasteiger partial charge is 0.507 e.